The van der Waals surface area contributed by atoms with Gasteiger partial charge in [-0.2, -0.15) is 5.48 Å². The van der Waals surface area contributed by atoms with Gasteiger partial charge in [0, 0.05) is 0 Å². The van der Waals surface area contributed by atoms with Crippen molar-refractivity contribution < 1.29 is 19.2 Å². The number of carbonyl (C=O) groups is 1. The molecular weight excluding hydrogens is 210 g/mol. The van der Waals surface area contributed by atoms with Gasteiger partial charge in [0.15, 0.2) is 0 Å². The molecule has 0 spiro atoms. The summed E-state index contributed by atoms with van der Waals surface area (Å²) in [5, 5.41) is 8.84. The second-order valence-electron chi connectivity index (χ2n) is 3.91. The summed E-state index contributed by atoms with van der Waals surface area (Å²) >= 11 is 0. The van der Waals surface area contributed by atoms with E-state index in [0.29, 0.717) is 5.76 Å². The predicted octanol–water partition coefficient (Wildman–Crippen LogP) is 1.94. The Bertz CT molecular complexity index is 355. The van der Waals surface area contributed by atoms with Crippen LogP contribution in [0.3, 0.4) is 0 Å². The smallest absolute Gasteiger partial charge is 0.339 e. The minimum Gasteiger partial charge on any atom is -0.478 e. The van der Waals surface area contributed by atoms with Crippen molar-refractivity contribution in [3.63, 3.8) is 0 Å². The molecule has 5 nitrogen and oxygen atoms in total. The predicted molar refractivity (Wildman–Crippen MR) is 55.8 cm³/mol. The standard InChI is InChI=1S/C11H15NO4/c13-11(14)9-5-6-15-10(9)7-12-16-8-3-1-2-4-8/h5-6,8,12H,1-4,7H2,(H,13,14). The Kier molecular flexibility index (Phi) is 3.58. The lowest BCUT2D eigenvalue weighted by atomic mass is 10.2. The van der Waals surface area contributed by atoms with Crippen LogP contribution in [0.25, 0.3) is 0 Å². The van der Waals surface area contributed by atoms with E-state index in [1.165, 1.54) is 25.2 Å². The summed E-state index contributed by atoms with van der Waals surface area (Å²) in [6.07, 6.45) is 6.16. The zero-order valence-corrected chi connectivity index (χ0v) is 8.94. The van der Waals surface area contributed by atoms with Crippen LogP contribution in [0.5, 0.6) is 0 Å². The molecule has 5 heteroatoms. The molecule has 0 radical (unpaired) electrons. The first kappa shape index (κ1) is 11.2. The van der Waals surface area contributed by atoms with Crippen LogP contribution in [0.2, 0.25) is 0 Å². The van der Waals surface area contributed by atoms with E-state index < -0.39 is 5.97 Å². The zero-order valence-electron chi connectivity index (χ0n) is 8.94. The van der Waals surface area contributed by atoms with E-state index >= 15 is 0 Å². The third-order valence-corrected chi connectivity index (χ3v) is 2.76. The summed E-state index contributed by atoms with van der Waals surface area (Å²) in [7, 11) is 0. The van der Waals surface area contributed by atoms with Gasteiger partial charge in [0.2, 0.25) is 0 Å². The van der Waals surface area contributed by atoms with Crippen molar-refractivity contribution >= 4 is 5.97 Å². The molecule has 1 fully saturated rings. The van der Waals surface area contributed by atoms with Gasteiger partial charge in [-0.15, -0.1) is 0 Å². The molecule has 0 aromatic carbocycles. The van der Waals surface area contributed by atoms with Gasteiger partial charge in [0.05, 0.1) is 18.9 Å². The SMILES string of the molecule is O=C(O)c1ccoc1CNOC1CCCC1. The van der Waals surface area contributed by atoms with Crippen molar-refractivity contribution in [3.05, 3.63) is 23.7 Å². The monoisotopic (exact) mass is 225 g/mol. The number of furan rings is 1. The molecule has 1 saturated carbocycles. The van der Waals surface area contributed by atoms with Crippen LogP contribution in [-0.4, -0.2) is 17.2 Å². The van der Waals surface area contributed by atoms with Crippen LogP contribution in [0.1, 0.15) is 41.8 Å². The molecule has 0 amide bonds. The molecule has 1 aromatic rings. The van der Waals surface area contributed by atoms with E-state index in [1.54, 1.807) is 0 Å². The lowest BCUT2D eigenvalue weighted by Crippen LogP contribution is -2.21. The van der Waals surface area contributed by atoms with Crippen LogP contribution in [0.15, 0.2) is 16.7 Å². The second-order valence-corrected chi connectivity index (χ2v) is 3.91. The largest absolute Gasteiger partial charge is 0.478 e. The molecule has 0 atom stereocenters. The fraction of sp³-hybridized carbons (Fsp3) is 0.545. The van der Waals surface area contributed by atoms with E-state index in [9.17, 15) is 4.79 Å². The Balaban J connectivity index is 1.80. The molecule has 0 bridgehead atoms. The maximum atomic E-state index is 10.8. The molecule has 2 N–H and O–H groups in total. The van der Waals surface area contributed by atoms with Crippen LogP contribution < -0.4 is 5.48 Å². The van der Waals surface area contributed by atoms with E-state index in [0.717, 1.165) is 12.8 Å². The molecule has 1 aliphatic rings. The molecule has 1 aromatic heterocycles. The van der Waals surface area contributed by atoms with Crippen molar-refractivity contribution in [2.75, 3.05) is 0 Å². The first-order chi connectivity index (χ1) is 7.77. The van der Waals surface area contributed by atoms with Crippen molar-refractivity contribution in [2.45, 2.75) is 38.3 Å². The van der Waals surface area contributed by atoms with Gasteiger partial charge in [-0.1, -0.05) is 12.8 Å². The third kappa shape index (κ3) is 2.62. The maximum absolute atomic E-state index is 10.8. The van der Waals surface area contributed by atoms with Gasteiger partial charge in [-0.3, -0.25) is 4.84 Å². The van der Waals surface area contributed by atoms with Crippen molar-refractivity contribution in [3.8, 4) is 0 Å². The Morgan fingerprint density at radius 2 is 2.31 bits per heavy atom. The Labute approximate surface area is 93.3 Å². The molecule has 88 valence electrons. The molecule has 16 heavy (non-hydrogen) atoms. The fourth-order valence-corrected chi connectivity index (χ4v) is 1.90. The molecule has 1 heterocycles. The number of hydrogen-bond acceptors (Lipinski definition) is 4. The minimum atomic E-state index is -0.980. The number of carboxylic acid groups (broad SMARTS) is 1. The highest BCUT2D eigenvalue weighted by Crippen LogP contribution is 2.20. The van der Waals surface area contributed by atoms with Crippen LogP contribution in [-0.2, 0) is 11.4 Å². The number of hydroxylamine groups is 1. The highest BCUT2D eigenvalue weighted by molar-refractivity contribution is 5.88. The molecular formula is C11H15NO4. The van der Waals surface area contributed by atoms with Crippen LogP contribution in [0.4, 0.5) is 0 Å². The summed E-state index contributed by atoms with van der Waals surface area (Å²) in [4.78, 5) is 16.2. The van der Waals surface area contributed by atoms with Crippen molar-refractivity contribution in [2.24, 2.45) is 0 Å². The molecule has 0 saturated heterocycles. The summed E-state index contributed by atoms with van der Waals surface area (Å²) in [5.41, 5.74) is 2.95. The minimum absolute atomic E-state index is 0.183. The quantitative estimate of drug-likeness (QED) is 0.749. The van der Waals surface area contributed by atoms with Gasteiger partial charge in [-0.05, 0) is 18.9 Å². The fourth-order valence-electron chi connectivity index (χ4n) is 1.90. The molecule has 0 aliphatic heterocycles. The maximum Gasteiger partial charge on any atom is 0.339 e. The summed E-state index contributed by atoms with van der Waals surface area (Å²) in [6.45, 7) is 0.283. The topological polar surface area (TPSA) is 71.7 Å². The first-order valence-corrected chi connectivity index (χ1v) is 5.45. The Hall–Kier alpha value is -1.33. The molecule has 2 rings (SSSR count). The highest BCUT2D eigenvalue weighted by atomic mass is 16.7. The third-order valence-electron chi connectivity index (χ3n) is 2.76. The van der Waals surface area contributed by atoms with Crippen LogP contribution in [0, 0.1) is 0 Å². The normalized spacial score (nSPS) is 16.8. The number of hydrogen-bond donors (Lipinski definition) is 2. The lowest BCUT2D eigenvalue weighted by Gasteiger charge is -2.10. The lowest BCUT2D eigenvalue weighted by molar-refractivity contribution is -0.0269. The van der Waals surface area contributed by atoms with Gasteiger partial charge in [-0.25, -0.2) is 4.79 Å². The Morgan fingerprint density at radius 1 is 1.56 bits per heavy atom. The number of carboxylic acids is 1. The summed E-state index contributed by atoms with van der Waals surface area (Å²) in [5.74, 6) is -0.586. The summed E-state index contributed by atoms with van der Waals surface area (Å²) < 4.78 is 5.07. The molecule has 0 unspecified atom stereocenters. The first-order valence-electron chi connectivity index (χ1n) is 5.45. The number of rotatable bonds is 5. The number of nitrogens with one attached hydrogen (secondary N) is 1. The second kappa shape index (κ2) is 5.14. The van der Waals surface area contributed by atoms with Gasteiger partial charge in [0.1, 0.15) is 11.3 Å². The zero-order chi connectivity index (χ0) is 11.4. The van der Waals surface area contributed by atoms with E-state index in [1.807, 2.05) is 0 Å². The van der Waals surface area contributed by atoms with Gasteiger partial charge >= 0.3 is 5.97 Å². The van der Waals surface area contributed by atoms with Crippen molar-refractivity contribution in [1.29, 1.82) is 0 Å². The average Bonchev–Trinajstić information content (AvgIpc) is 2.87. The van der Waals surface area contributed by atoms with E-state index in [-0.39, 0.29) is 18.2 Å². The van der Waals surface area contributed by atoms with Gasteiger partial charge in [0.25, 0.3) is 0 Å². The number of aromatic carboxylic acids is 1. The summed E-state index contributed by atoms with van der Waals surface area (Å²) in [6, 6.07) is 1.44. The van der Waals surface area contributed by atoms with E-state index in [4.69, 9.17) is 14.4 Å². The highest BCUT2D eigenvalue weighted by Gasteiger charge is 2.17. The molecule has 1 aliphatic carbocycles. The van der Waals surface area contributed by atoms with E-state index in [2.05, 4.69) is 5.48 Å². The van der Waals surface area contributed by atoms with Crippen LogP contribution >= 0.6 is 0 Å². The van der Waals surface area contributed by atoms with Crippen molar-refractivity contribution in [1.82, 2.24) is 5.48 Å². The Morgan fingerprint density at radius 3 is 3.00 bits per heavy atom. The van der Waals surface area contributed by atoms with Gasteiger partial charge < -0.3 is 9.52 Å². The average molecular weight is 225 g/mol.